The van der Waals surface area contributed by atoms with Crippen LogP contribution in [-0.4, -0.2) is 44.2 Å². The second-order valence-corrected chi connectivity index (χ2v) is 13.1. The van der Waals surface area contributed by atoms with Crippen LogP contribution in [0.5, 0.6) is 0 Å². The molecule has 1 aliphatic heterocycles. The SMILES string of the molecule is COC1(NC(=O)OCc2ccccc2)CN([Si](C)(C)C(C)(C)C)C1=O. The summed E-state index contributed by atoms with van der Waals surface area (Å²) < 4.78 is 12.4. The van der Waals surface area contributed by atoms with E-state index in [4.69, 9.17) is 9.47 Å². The lowest BCUT2D eigenvalue weighted by molar-refractivity contribution is -0.177. The number of hydrogen-bond acceptors (Lipinski definition) is 4. The molecule has 138 valence electrons. The zero-order valence-corrected chi connectivity index (χ0v) is 16.9. The number of carbonyl (C=O) groups excluding carboxylic acids is 2. The molecule has 1 fully saturated rings. The maximum absolute atomic E-state index is 12.8. The van der Waals surface area contributed by atoms with Crippen molar-refractivity contribution in [2.45, 2.75) is 51.2 Å². The summed E-state index contributed by atoms with van der Waals surface area (Å²) in [5.74, 6) is -0.196. The molecule has 1 N–H and O–H groups in total. The largest absolute Gasteiger partial charge is 0.445 e. The van der Waals surface area contributed by atoms with Gasteiger partial charge in [-0.25, -0.2) is 4.79 Å². The first kappa shape index (κ1) is 19.5. The molecule has 6 nitrogen and oxygen atoms in total. The first-order chi connectivity index (χ1) is 11.5. The highest BCUT2D eigenvalue weighted by Crippen LogP contribution is 2.43. The standard InChI is InChI=1S/C18H28N2O4Si/c1-17(2,3)25(5,6)20-13-18(23-4,15(20)21)19-16(22)24-12-14-10-8-7-9-11-14/h7-11H,12-13H2,1-6H3,(H,19,22). The molecule has 1 unspecified atom stereocenters. The molecule has 1 heterocycles. The van der Waals surface area contributed by atoms with E-state index in [1.807, 2.05) is 34.9 Å². The Labute approximate surface area is 150 Å². The number of alkyl carbamates (subject to hydrolysis) is 1. The zero-order chi connectivity index (χ0) is 18.9. The number of ether oxygens (including phenoxy) is 2. The molecule has 1 aliphatic rings. The van der Waals surface area contributed by atoms with E-state index < -0.39 is 20.1 Å². The van der Waals surface area contributed by atoms with Crippen LogP contribution in [0.1, 0.15) is 26.3 Å². The minimum atomic E-state index is -2.00. The van der Waals surface area contributed by atoms with Gasteiger partial charge in [-0.2, -0.15) is 0 Å². The van der Waals surface area contributed by atoms with E-state index >= 15 is 0 Å². The highest BCUT2D eigenvalue weighted by Gasteiger charge is 2.61. The fourth-order valence-electron chi connectivity index (χ4n) is 2.57. The molecule has 1 aromatic carbocycles. The summed E-state index contributed by atoms with van der Waals surface area (Å²) in [6.45, 7) is 11.2. The number of rotatable bonds is 5. The number of hydrogen-bond donors (Lipinski definition) is 1. The molecule has 25 heavy (non-hydrogen) atoms. The summed E-state index contributed by atoms with van der Waals surface area (Å²) in [6, 6.07) is 9.38. The topological polar surface area (TPSA) is 67.9 Å². The third kappa shape index (κ3) is 3.72. The molecule has 0 bridgehead atoms. The number of amides is 2. The van der Waals surface area contributed by atoms with Gasteiger partial charge in [0.15, 0.2) is 8.24 Å². The van der Waals surface area contributed by atoms with Crippen LogP contribution in [-0.2, 0) is 20.9 Å². The maximum Gasteiger partial charge on any atom is 0.410 e. The van der Waals surface area contributed by atoms with Crippen molar-refractivity contribution in [1.82, 2.24) is 9.88 Å². The van der Waals surface area contributed by atoms with E-state index in [2.05, 4.69) is 39.2 Å². The molecule has 7 heteroatoms. The Morgan fingerprint density at radius 3 is 2.36 bits per heavy atom. The molecule has 0 aromatic heterocycles. The molecule has 2 amide bonds. The Kier molecular flexibility index (Phi) is 5.29. The minimum absolute atomic E-state index is 0.0242. The van der Waals surface area contributed by atoms with Gasteiger partial charge in [-0.05, 0) is 10.6 Å². The number of nitrogens with one attached hydrogen (secondary N) is 1. The van der Waals surface area contributed by atoms with Crippen molar-refractivity contribution in [3.8, 4) is 0 Å². The lowest BCUT2D eigenvalue weighted by Crippen LogP contribution is -2.81. The lowest BCUT2D eigenvalue weighted by atomic mass is 10.1. The van der Waals surface area contributed by atoms with Crippen molar-refractivity contribution in [3.05, 3.63) is 35.9 Å². The van der Waals surface area contributed by atoms with Gasteiger partial charge in [-0.15, -0.1) is 0 Å². The Balaban J connectivity index is 1.98. The second kappa shape index (κ2) is 6.80. The molecule has 0 radical (unpaired) electrons. The van der Waals surface area contributed by atoms with Gasteiger partial charge in [0.25, 0.3) is 5.91 Å². The monoisotopic (exact) mass is 364 g/mol. The van der Waals surface area contributed by atoms with E-state index in [9.17, 15) is 9.59 Å². The van der Waals surface area contributed by atoms with Crippen molar-refractivity contribution in [3.63, 3.8) is 0 Å². The van der Waals surface area contributed by atoms with E-state index in [1.54, 1.807) is 0 Å². The van der Waals surface area contributed by atoms with Crippen LogP contribution < -0.4 is 5.32 Å². The number of benzene rings is 1. The van der Waals surface area contributed by atoms with Crippen LogP contribution in [0.2, 0.25) is 18.1 Å². The third-order valence-corrected chi connectivity index (χ3v) is 10.7. The smallest absolute Gasteiger partial charge is 0.410 e. The maximum atomic E-state index is 12.8. The van der Waals surface area contributed by atoms with Crippen molar-refractivity contribution >= 4 is 20.2 Å². The average Bonchev–Trinajstić information content (AvgIpc) is 2.55. The Bertz CT molecular complexity index is 642. The highest BCUT2D eigenvalue weighted by molar-refractivity contribution is 6.80. The van der Waals surface area contributed by atoms with Gasteiger partial charge in [-0.1, -0.05) is 64.2 Å². The normalized spacial score (nSPS) is 20.9. The second-order valence-electron chi connectivity index (χ2n) is 7.92. The number of methoxy groups -OCH3 is 1. The molecular weight excluding hydrogens is 336 g/mol. The summed E-state index contributed by atoms with van der Waals surface area (Å²) in [6.07, 6.45) is -0.658. The molecule has 1 saturated heterocycles. The Morgan fingerprint density at radius 1 is 1.28 bits per heavy atom. The summed E-state index contributed by atoms with van der Waals surface area (Å²) in [5, 5.41) is 2.62. The van der Waals surface area contributed by atoms with Crippen molar-refractivity contribution in [2.75, 3.05) is 13.7 Å². The van der Waals surface area contributed by atoms with Gasteiger partial charge >= 0.3 is 6.09 Å². The molecule has 2 rings (SSSR count). The fourth-order valence-corrected chi connectivity index (χ4v) is 4.68. The van der Waals surface area contributed by atoms with E-state index in [0.29, 0.717) is 6.54 Å². The van der Waals surface area contributed by atoms with E-state index in [0.717, 1.165) is 5.56 Å². The van der Waals surface area contributed by atoms with Crippen LogP contribution in [0.25, 0.3) is 0 Å². The number of nitrogens with zero attached hydrogens (tertiary/aromatic N) is 1. The molecule has 1 atom stereocenters. The van der Waals surface area contributed by atoms with Crippen LogP contribution >= 0.6 is 0 Å². The van der Waals surface area contributed by atoms with Gasteiger partial charge in [-0.3, -0.25) is 10.1 Å². The predicted octanol–water partition coefficient (Wildman–Crippen LogP) is 3.10. The van der Waals surface area contributed by atoms with Crippen LogP contribution in [0.4, 0.5) is 4.79 Å². The predicted molar refractivity (Wildman–Crippen MR) is 98.4 cm³/mol. The van der Waals surface area contributed by atoms with Crippen LogP contribution in [0.3, 0.4) is 0 Å². The molecule has 1 aromatic rings. The fraction of sp³-hybridized carbons (Fsp3) is 0.556. The molecule has 0 aliphatic carbocycles. The zero-order valence-electron chi connectivity index (χ0n) is 15.9. The lowest BCUT2D eigenvalue weighted by Gasteiger charge is -2.57. The molecule has 0 saturated carbocycles. The van der Waals surface area contributed by atoms with Crippen molar-refractivity contribution in [2.24, 2.45) is 0 Å². The molecule has 0 spiro atoms. The van der Waals surface area contributed by atoms with E-state index in [-0.39, 0.29) is 17.6 Å². The average molecular weight is 365 g/mol. The van der Waals surface area contributed by atoms with Crippen LogP contribution in [0, 0.1) is 0 Å². The third-order valence-electron chi connectivity index (χ3n) is 5.35. The molecular formula is C18H28N2O4Si. The van der Waals surface area contributed by atoms with E-state index in [1.165, 1.54) is 7.11 Å². The highest BCUT2D eigenvalue weighted by atomic mass is 28.3. The number of β-lactam (4-membered cyclic amide) rings is 1. The summed E-state index contributed by atoms with van der Waals surface area (Å²) in [4.78, 5) is 24.9. The first-order valence-corrected chi connectivity index (χ1v) is 11.3. The number of carbonyl (C=O) groups is 2. The quantitative estimate of drug-likeness (QED) is 0.495. The first-order valence-electron chi connectivity index (χ1n) is 8.39. The van der Waals surface area contributed by atoms with Gasteiger partial charge in [0.1, 0.15) is 6.61 Å². The van der Waals surface area contributed by atoms with Crippen molar-refractivity contribution < 1.29 is 19.1 Å². The minimum Gasteiger partial charge on any atom is -0.445 e. The Morgan fingerprint density at radius 2 is 1.88 bits per heavy atom. The van der Waals surface area contributed by atoms with Crippen molar-refractivity contribution in [1.29, 1.82) is 0 Å². The van der Waals surface area contributed by atoms with Gasteiger partial charge < -0.3 is 14.0 Å². The van der Waals surface area contributed by atoms with Gasteiger partial charge in [0, 0.05) is 7.11 Å². The Hall–Kier alpha value is -1.86. The summed E-state index contributed by atoms with van der Waals surface area (Å²) in [7, 11) is -0.571. The van der Waals surface area contributed by atoms with Gasteiger partial charge in [0.05, 0.1) is 6.54 Å². The van der Waals surface area contributed by atoms with Gasteiger partial charge in [0.2, 0.25) is 5.72 Å². The van der Waals surface area contributed by atoms with Crippen LogP contribution in [0.15, 0.2) is 30.3 Å². The summed E-state index contributed by atoms with van der Waals surface area (Å²) in [5.41, 5.74) is -0.435. The summed E-state index contributed by atoms with van der Waals surface area (Å²) >= 11 is 0.